The minimum Gasteiger partial charge on any atom is -0.496 e. The zero-order valence-corrected chi connectivity index (χ0v) is 13.5. The molecule has 0 aromatic heterocycles. The van der Waals surface area contributed by atoms with Crippen LogP contribution in [0.5, 0.6) is 5.75 Å². The Morgan fingerprint density at radius 2 is 1.85 bits per heavy atom. The quantitative estimate of drug-likeness (QED) is 0.874. The zero-order chi connectivity index (χ0) is 15.4. The number of ether oxygens (including phenoxy) is 1. The molecule has 0 aliphatic heterocycles. The van der Waals surface area contributed by atoms with Gasteiger partial charge in [-0.3, -0.25) is 0 Å². The van der Waals surface area contributed by atoms with Gasteiger partial charge in [0.2, 0.25) is 0 Å². The molecule has 0 saturated carbocycles. The average Bonchev–Trinajstić information content (AvgIpc) is 2.36. The maximum absolute atomic E-state index is 12.1. The lowest BCUT2D eigenvalue weighted by Crippen LogP contribution is -2.34. The van der Waals surface area contributed by atoms with Gasteiger partial charge >= 0.3 is 0 Å². The topological polar surface area (TPSA) is 69.4 Å². The van der Waals surface area contributed by atoms with Gasteiger partial charge in [-0.25, -0.2) is 8.42 Å². The van der Waals surface area contributed by atoms with Crippen molar-refractivity contribution in [2.45, 2.75) is 44.4 Å². The minimum absolute atomic E-state index is 0.118. The smallest absolute Gasteiger partial charge is 0.155 e. The molecule has 2 N–H and O–H groups in total. The number of nitrogens with two attached hydrogens (primary N) is 1. The van der Waals surface area contributed by atoms with E-state index in [0.717, 1.165) is 11.3 Å². The predicted molar refractivity (Wildman–Crippen MR) is 82.8 cm³/mol. The molecule has 0 fully saturated rings. The molecule has 114 valence electrons. The number of sulfone groups is 1. The first-order valence-corrected chi connectivity index (χ1v) is 8.42. The average molecular weight is 299 g/mol. The Labute approximate surface area is 122 Å². The highest BCUT2D eigenvalue weighted by atomic mass is 32.2. The summed E-state index contributed by atoms with van der Waals surface area (Å²) in [6, 6.07) is 7.47. The van der Waals surface area contributed by atoms with Gasteiger partial charge in [0, 0.05) is 6.04 Å². The Morgan fingerprint density at radius 3 is 2.40 bits per heavy atom. The van der Waals surface area contributed by atoms with Crippen LogP contribution in [0, 0.1) is 0 Å². The van der Waals surface area contributed by atoms with Crippen molar-refractivity contribution in [1.82, 2.24) is 0 Å². The largest absolute Gasteiger partial charge is 0.496 e. The lowest BCUT2D eigenvalue weighted by molar-refractivity contribution is 0.407. The molecule has 1 unspecified atom stereocenters. The molecule has 4 nitrogen and oxygen atoms in total. The summed E-state index contributed by atoms with van der Waals surface area (Å²) in [7, 11) is -1.49. The van der Waals surface area contributed by atoms with Gasteiger partial charge < -0.3 is 10.5 Å². The van der Waals surface area contributed by atoms with Crippen molar-refractivity contribution in [1.29, 1.82) is 0 Å². The van der Waals surface area contributed by atoms with E-state index in [-0.39, 0.29) is 11.8 Å². The Hall–Kier alpha value is -1.07. The fraction of sp³-hybridized carbons (Fsp3) is 0.600. The van der Waals surface area contributed by atoms with Crippen LogP contribution in [0.25, 0.3) is 0 Å². The van der Waals surface area contributed by atoms with Crippen molar-refractivity contribution in [3.8, 4) is 5.75 Å². The van der Waals surface area contributed by atoms with Crippen LogP contribution in [0.4, 0.5) is 0 Å². The van der Waals surface area contributed by atoms with E-state index in [1.165, 1.54) is 0 Å². The number of para-hydroxylation sites is 1. The lowest BCUT2D eigenvalue weighted by atomic mass is 10.0. The van der Waals surface area contributed by atoms with Gasteiger partial charge in [-0.2, -0.15) is 0 Å². The molecule has 0 amide bonds. The maximum Gasteiger partial charge on any atom is 0.155 e. The molecule has 20 heavy (non-hydrogen) atoms. The molecule has 1 aromatic carbocycles. The number of benzene rings is 1. The van der Waals surface area contributed by atoms with Crippen molar-refractivity contribution in [3.63, 3.8) is 0 Å². The van der Waals surface area contributed by atoms with Gasteiger partial charge in [-0.05, 0) is 45.2 Å². The number of rotatable bonds is 6. The summed E-state index contributed by atoms with van der Waals surface area (Å²) in [6.07, 6.45) is 1.07. The molecule has 5 heteroatoms. The fourth-order valence-corrected chi connectivity index (χ4v) is 3.09. The van der Waals surface area contributed by atoms with E-state index in [2.05, 4.69) is 0 Å². The van der Waals surface area contributed by atoms with Crippen LogP contribution in [0.3, 0.4) is 0 Å². The fourth-order valence-electron chi connectivity index (χ4n) is 1.87. The molecule has 0 aliphatic rings. The van der Waals surface area contributed by atoms with Gasteiger partial charge in [-0.15, -0.1) is 0 Å². The summed E-state index contributed by atoms with van der Waals surface area (Å²) < 4.78 is 28.7. The molecular formula is C15H25NO3S. The van der Waals surface area contributed by atoms with Crippen LogP contribution < -0.4 is 10.5 Å². The van der Waals surface area contributed by atoms with Crippen LogP contribution in [-0.4, -0.2) is 32.1 Å². The Morgan fingerprint density at radius 1 is 1.25 bits per heavy atom. The maximum atomic E-state index is 12.1. The number of hydrogen-bond donors (Lipinski definition) is 1. The lowest BCUT2D eigenvalue weighted by Gasteiger charge is -2.21. The van der Waals surface area contributed by atoms with Crippen molar-refractivity contribution >= 4 is 9.84 Å². The van der Waals surface area contributed by atoms with Crippen molar-refractivity contribution < 1.29 is 13.2 Å². The number of methoxy groups -OCH3 is 1. The first-order valence-electron chi connectivity index (χ1n) is 6.77. The van der Waals surface area contributed by atoms with Crippen molar-refractivity contribution in [3.05, 3.63) is 29.8 Å². The summed E-state index contributed by atoms with van der Waals surface area (Å²) in [4.78, 5) is 0. The van der Waals surface area contributed by atoms with Gasteiger partial charge in [0.15, 0.2) is 9.84 Å². The SMILES string of the molecule is COc1ccccc1CC(N)CCS(=O)(=O)C(C)(C)C. The normalized spacial score (nSPS) is 14.1. The first kappa shape index (κ1) is 17.0. The third-order valence-electron chi connectivity index (χ3n) is 3.37. The second kappa shape index (κ2) is 6.59. The van der Waals surface area contributed by atoms with Crippen LogP contribution in [0.1, 0.15) is 32.8 Å². The highest BCUT2D eigenvalue weighted by molar-refractivity contribution is 7.92. The highest BCUT2D eigenvalue weighted by Gasteiger charge is 2.28. The molecule has 0 saturated heterocycles. The Balaban J connectivity index is 2.63. The molecule has 0 radical (unpaired) electrons. The van der Waals surface area contributed by atoms with Gasteiger partial charge in [0.05, 0.1) is 17.6 Å². The van der Waals surface area contributed by atoms with Crippen LogP contribution in [0.15, 0.2) is 24.3 Å². The molecule has 0 spiro atoms. The molecule has 1 rings (SSSR count). The van der Waals surface area contributed by atoms with Gasteiger partial charge in [0.1, 0.15) is 5.75 Å². The summed E-state index contributed by atoms with van der Waals surface area (Å²) in [5.74, 6) is 0.911. The van der Waals surface area contributed by atoms with Crippen LogP contribution >= 0.6 is 0 Å². The van der Waals surface area contributed by atoms with E-state index in [0.29, 0.717) is 12.8 Å². The Bertz CT molecular complexity index is 532. The van der Waals surface area contributed by atoms with Crippen LogP contribution in [-0.2, 0) is 16.3 Å². The first-order chi connectivity index (χ1) is 9.17. The summed E-state index contributed by atoms with van der Waals surface area (Å²) in [5, 5.41) is 0. The molecule has 0 aliphatic carbocycles. The van der Waals surface area contributed by atoms with Crippen LogP contribution in [0.2, 0.25) is 0 Å². The summed E-state index contributed by atoms with van der Waals surface area (Å²) >= 11 is 0. The van der Waals surface area contributed by atoms with Crippen molar-refractivity contribution in [2.24, 2.45) is 5.73 Å². The zero-order valence-electron chi connectivity index (χ0n) is 12.7. The van der Waals surface area contributed by atoms with E-state index >= 15 is 0 Å². The minimum atomic E-state index is -3.11. The van der Waals surface area contributed by atoms with E-state index < -0.39 is 14.6 Å². The predicted octanol–water partition coefficient (Wildman–Crippen LogP) is 2.17. The second-order valence-electron chi connectivity index (χ2n) is 6.00. The monoisotopic (exact) mass is 299 g/mol. The van der Waals surface area contributed by atoms with E-state index in [1.54, 1.807) is 27.9 Å². The third-order valence-corrected chi connectivity index (χ3v) is 6.00. The van der Waals surface area contributed by atoms with E-state index in [9.17, 15) is 8.42 Å². The van der Waals surface area contributed by atoms with Gasteiger partial charge in [0.25, 0.3) is 0 Å². The molecule has 0 heterocycles. The van der Waals surface area contributed by atoms with Gasteiger partial charge in [-0.1, -0.05) is 18.2 Å². The number of hydrogen-bond acceptors (Lipinski definition) is 4. The standard InChI is InChI=1S/C15H25NO3S/c1-15(2,3)20(17,18)10-9-13(16)11-12-7-5-6-8-14(12)19-4/h5-8,13H,9-11,16H2,1-4H3. The second-order valence-corrected chi connectivity index (χ2v) is 8.86. The third kappa shape index (κ3) is 4.49. The van der Waals surface area contributed by atoms with E-state index in [1.807, 2.05) is 24.3 Å². The summed E-state index contributed by atoms with van der Waals surface area (Å²) in [5.41, 5.74) is 7.07. The van der Waals surface area contributed by atoms with Crippen molar-refractivity contribution in [2.75, 3.05) is 12.9 Å². The highest BCUT2D eigenvalue weighted by Crippen LogP contribution is 2.21. The summed E-state index contributed by atoms with van der Waals surface area (Å²) in [6.45, 7) is 5.15. The molecule has 1 atom stereocenters. The van der Waals surface area contributed by atoms with E-state index in [4.69, 9.17) is 10.5 Å². The molecule has 0 bridgehead atoms. The molecular weight excluding hydrogens is 274 g/mol. The molecule has 1 aromatic rings. The Kier molecular flexibility index (Phi) is 5.59.